The highest BCUT2D eigenvalue weighted by Gasteiger charge is 2.32. The summed E-state index contributed by atoms with van der Waals surface area (Å²) >= 11 is 0. The molecular weight excluding hydrogens is 366 g/mol. The predicted molar refractivity (Wildman–Crippen MR) is 104 cm³/mol. The summed E-state index contributed by atoms with van der Waals surface area (Å²) in [6, 6.07) is 14.8. The van der Waals surface area contributed by atoms with Gasteiger partial charge in [-0.25, -0.2) is 0 Å². The van der Waals surface area contributed by atoms with Gasteiger partial charge in [0.15, 0.2) is 0 Å². The molecule has 0 radical (unpaired) electrons. The lowest BCUT2D eigenvalue weighted by molar-refractivity contribution is -0.122. The number of hydrogen-bond donors (Lipinski definition) is 1. The van der Waals surface area contributed by atoms with Gasteiger partial charge in [-0.3, -0.25) is 8.98 Å². The van der Waals surface area contributed by atoms with Crippen LogP contribution < -0.4 is 10.1 Å². The van der Waals surface area contributed by atoms with Gasteiger partial charge in [0.2, 0.25) is 5.91 Å². The Labute approximate surface area is 160 Å². The smallest absolute Gasteiger partial charge is 0.297 e. The highest BCUT2D eigenvalue weighted by atomic mass is 32.2. The van der Waals surface area contributed by atoms with E-state index in [2.05, 4.69) is 5.32 Å². The molecule has 27 heavy (non-hydrogen) atoms. The number of anilines is 1. The van der Waals surface area contributed by atoms with Crippen LogP contribution in [0.5, 0.6) is 5.75 Å². The molecule has 0 saturated heterocycles. The number of amides is 1. The third-order valence-electron chi connectivity index (χ3n) is 4.19. The normalized spacial score (nSPS) is 13.8. The summed E-state index contributed by atoms with van der Waals surface area (Å²) < 4.78 is 35.6. The van der Waals surface area contributed by atoms with Crippen molar-refractivity contribution >= 4 is 21.7 Å². The quantitative estimate of drug-likeness (QED) is 0.694. The predicted octanol–water partition coefficient (Wildman–Crippen LogP) is 3.70. The Hall–Kier alpha value is -2.38. The van der Waals surface area contributed by atoms with Gasteiger partial charge in [0.05, 0.1) is 24.0 Å². The number of nitrogens with one attached hydrogen (secondary N) is 1. The van der Waals surface area contributed by atoms with Gasteiger partial charge in [-0.15, -0.1) is 0 Å². The van der Waals surface area contributed by atoms with E-state index >= 15 is 0 Å². The monoisotopic (exact) mass is 391 g/mol. The summed E-state index contributed by atoms with van der Waals surface area (Å²) in [5.41, 5.74) is 0.598. The zero-order valence-corrected chi connectivity index (χ0v) is 16.7. The fourth-order valence-electron chi connectivity index (χ4n) is 2.64. The number of rotatable bonds is 8. The van der Waals surface area contributed by atoms with E-state index in [0.717, 1.165) is 0 Å². The molecule has 2 rings (SSSR count). The minimum Gasteiger partial charge on any atom is -0.497 e. The van der Waals surface area contributed by atoms with Crippen LogP contribution in [0.25, 0.3) is 0 Å². The van der Waals surface area contributed by atoms with Crippen molar-refractivity contribution in [2.24, 2.45) is 11.8 Å². The fourth-order valence-corrected chi connectivity index (χ4v) is 3.92. The summed E-state index contributed by atoms with van der Waals surface area (Å²) in [5, 5.41) is 2.78. The van der Waals surface area contributed by atoms with E-state index in [1.54, 1.807) is 56.5 Å². The second-order valence-corrected chi connectivity index (χ2v) is 8.15. The van der Waals surface area contributed by atoms with Crippen molar-refractivity contribution in [2.45, 2.75) is 31.8 Å². The first-order chi connectivity index (χ1) is 12.7. The molecule has 0 heterocycles. The van der Waals surface area contributed by atoms with Crippen LogP contribution in [0.15, 0.2) is 59.5 Å². The van der Waals surface area contributed by atoms with E-state index in [1.165, 1.54) is 12.1 Å². The van der Waals surface area contributed by atoms with E-state index in [0.29, 0.717) is 11.4 Å². The molecule has 0 bridgehead atoms. The van der Waals surface area contributed by atoms with Crippen LogP contribution in [0.2, 0.25) is 0 Å². The Morgan fingerprint density at radius 2 is 1.56 bits per heavy atom. The molecule has 2 aromatic carbocycles. The summed E-state index contributed by atoms with van der Waals surface area (Å²) in [5.74, 6) is -0.494. The molecule has 1 N–H and O–H groups in total. The van der Waals surface area contributed by atoms with Crippen molar-refractivity contribution in [2.75, 3.05) is 12.4 Å². The molecule has 0 unspecified atom stereocenters. The minimum atomic E-state index is -3.96. The van der Waals surface area contributed by atoms with Gasteiger partial charge in [-0.2, -0.15) is 8.42 Å². The first-order valence-electron chi connectivity index (χ1n) is 8.68. The van der Waals surface area contributed by atoms with Crippen molar-refractivity contribution in [1.29, 1.82) is 0 Å². The van der Waals surface area contributed by atoms with Crippen LogP contribution in [0.3, 0.4) is 0 Å². The van der Waals surface area contributed by atoms with Crippen LogP contribution in [0.4, 0.5) is 5.69 Å². The van der Waals surface area contributed by atoms with Crippen molar-refractivity contribution in [3.05, 3.63) is 54.6 Å². The van der Waals surface area contributed by atoms with E-state index in [4.69, 9.17) is 8.92 Å². The van der Waals surface area contributed by atoms with E-state index < -0.39 is 22.1 Å². The molecule has 0 aliphatic carbocycles. The Morgan fingerprint density at radius 3 is 2.07 bits per heavy atom. The van der Waals surface area contributed by atoms with Crippen molar-refractivity contribution in [1.82, 2.24) is 0 Å². The topological polar surface area (TPSA) is 81.7 Å². The molecular formula is C20H25NO5S. The lowest BCUT2D eigenvalue weighted by Gasteiger charge is -2.26. The molecule has 0 aliphatic heterocycles. The highest BCUT2D eigenvalue weighted by molar-refractivity contribution is 7.86. The molecule has 146 valence electrons. The average Bonchev–Trinajstić information content (AvgIpc) is 2.66. The third-order valence-corrected chi connectivity index (χ3v) is 5.52. The Balaban J connectivity index is 2.13. The second kappa shape index (κ2) is 9.01. The van der Waals surface area contributed by atoms with Gasteiger partial charge in [-0.1, -0.05) is 39.0 Å². The van der Waals surface area contributed by atoms with Gasteiger partial charge in [-0.05, 0) is 42.3 Å². The first-order valence-corrected chi connectivity index (χ1v) is 10.1. The highest BCUT2D eigenvalue weighted by Crippen LogP contribution is 2.24. The van der Waals surface area contributed by atoms with Gasteiger partial charge < -0.3 is 10.1 Å². The van der Waals surface area contributed by atoms with Gasteiger partial charge in [0, 0.05) is 5.69 Å². The lowest BCUT2D eigenvalue weighted by atomic mass is 9.94. The first kappa shape index (κ1) is 20.9. The van der Waals surface area contributed by atoms with Crippen LogP contribution >= 0.6 is 0 Å². The van der Waals surface area contributed by atoms with Gasteiger partial charge in [0.25, 0.3) is 10.1 Å². The molecule has 1 amide bonds. The number of carbonyl (C=O) groups excluding carboxylic acids is 1. The number of methoxy groups -OCH3 is 1. The van der Waals surface area contributed by atoms with E-state index in [-0.39, 0.29) is 16.7 Å². The largest absolute Gasteiger partial charge is 0.497 e. The van der Waals surface area contributed by atoms with Gasteiger partial charge in [0.1, 0.15) is 5.75 Å². The summed E-state index contributed by atoms with van der Waals surface area (Å²) in [7, 11) is -2.40. The Bertz CT molecular complexity index is 848. The maximum Gasteiger partial charge on any atom is 0.297 e. The van der Waals surface area contributed by atoms with Crippen molar-refractivity contribution in [3.63, 3.8) is 0 Å². The summed E-state index contributed by atoms with van der Waals surface area (Å²) in [4.78, 5) is 12.7. The Kier molecular flexibility index (Phi) is 6.98. The maximum absolute atomic E-state index is 12.6. The number of benzene rings is 2. The fraction of sp³-hybridized carbons (Fsp3) is 0.350. The molecule has 0 saturated carbocycles. The molecule has 2 aromatic rings. The maximum atomic E-state index is 12.6. The molecule has 6 nitrogen and oxygen atoms in total. The average molecular weight is 391 g/mol. The van der Waals surface area contributed by atoms with Gasteiger partial charge >= 0.3 is 0 Å². The molecule has 2 atom stereocenters. The molecule has 0 spiro atoms. The number of ether oxygens (including phenoxy) is 1. The number of carbonyl (C=O) groups is 1. The zero-order valence-electron chi connectivity index (χ0n) is 15.9. The van der Waals surface area contributed by atoms with Crippen LogP contribution in [-0.4, -0.2) is 27.5 Å². The van der Waals surface area contributed by atoms with Crippen molar-refractivity contribution < 1.29 is 22.1 Å². The molecule has 0 aliphatic rings. The zero-order chi connectivity index (χ0) is 20.0. The molecule has 0 aromatic heterocycles. The van der Waals surface area contributed by atoms with Crippen LogP contribution in [0.1, 0.15) is 20.8 Å². The van der Waals surface area contributed by atoms with Crippen LogP contribution in [0, 0.1) is 11.8 Å². The summed E-state index contributed by atoms with van der Waals surface area (Å²) in [6.45, 7) is 5.30. The lowest BCUT2D eigenvalue weighted by Crippen LogP contribution is -2.37. The molecule has 0 fully saturated rings. The van der Waals surface area contributed by atoms with E-state index in [1.807, 2.05) is 13.8 Å². The number of hydrogen-bond acceptors (Lipinski definition) is 5. The standard InChI is InChI=1S/C20H25NO5S/c1-14(2)19(26-27(23,24)18-8-6-5-7-9-18)15(3)20(22)21-16-10-12-17(25-4)13-11-16/h5-15,19H,1-4H3,(H,21,22)/t15-,19+/m0/s1. The molecule has 7 heteroatoms. The van der Waals surface area contributed by atoms with Crippen LogP contribution in [-0.2, 0) is 19.1 Å². The Morgan fingerprint density at radius 1 is 0.963 bits per heavy atom. The van der Waals surface area contributed by atoms with Crippen molar-refractivity contribution in [3.8, 4) is 5.75 Å². The van der Waals surface area contributed by atoms with E-state index in [9.17, 15) is 13.2 Å². The second-order valence-electron chi connectivity index (χ2n) is 6.58. The summed E-state index contributed by atoms with van der Waals surface area (Å²) in [6.07, 6.45) is -0.798. The minimum absolute atomic E-state index is 0.0680. The SMILES string of the molecule is COc1ccc(NC(=O)[C@@H](C)[C@H](OS(=O)(=O)c2ccccc2)C(C)C)cc1. The third kappa shape index (κ3) is 5.55.